The molecular weight excluding hydrogens is 141 g/mol. The van der Waals surface area contributed by atoms with Gasteiger partial charge < -0.3 is 0 Å². The van der Waals surface area contributed by atoms with E-state index in [2.05, 4.69) is 0 Å². The second-order valence-corrected chi connectivity index (χ2v) is 1.34. The quantitative estimate of drug-likeness (QED) is 0.210. The summed E-state index contributed by atoms with van der Waals surface area (Å²) in [5, 5.41) is 5.40. The predicted octanol–water partition coefficient (Wildman–Crippen LogP) is -0.340. The molecule has 7 heteroatoms. The van der Waals surface area contributed by atoms with Crippen molar-refractivity contribution in [3.05, 3.63) is 0 Å². The number of nitrogens with one attached hydrogen (secondary N) is 1. The van der Waals surface area contributed by atoms with Crippen molar-refractivity contribution in [3.63, 3.8) is 0 Å². The van der Waals surface area contributed by atoms with Crippen LogP contribution in [-0.4, -0.2) is 19.1 Å². The summed E-state index contributed by atoms with van der Waals surface area (Å²) < 4.78 is 34.1. The van der Waals surface area contributed by atoms with E-state index in [1.54, 1.807) is 0 Å². The van der Waals surface area contributed by atoms with Crippen LogP contribution in [0.5, 0.6) is 0 Å². The van der Waals surface area contributed by atoms with Gasteiger partial charge >= 0.3 is 10.5 Å². The van der Waals surface area contributed by atoms with Crippen LogP contribution >= 0.6 is 0 Å². The Balaban J connectivity index is 0. The first-order chi connectivity index (χ1) is 3.41. The molecule has 0 aromatic rings. The molecule has 0 rings (SSSR count). The van der Waals surface area contributed by atoms with Crippen LogP contribution in [0.2, 0.25) is 0 Å². The Morgan fingerprint density at radius 3 is 1.62 bits per heavy atom. The maximum atomic E-state index is 10.2. The van der Waals surface area contributed by atoms with Crippen LogP contribution in [0.4, 0.5) is 3.89 Å². The smallest absolute Gasteiger partial charge is 0.260 e. The molecule has 0 aromatic carbocycles. The van der Waals surface area contributed by atoms with Crippen molar-refractivity contribution in [1.82, 2.24) is 0 Å². The van der Waals surface area contributed by atoms with Gasteiger partial charge in [-0.3, -0.25) is 4.55 Å². The molecule has 0 aliphatic rings. The Labute approximate surface area is 44.7 Å². The molecule has 0 saturated carbocycles. The molecule has 2 N–H and O–H groups in total. The second-order valence-electron chi connectivity index (χ2n) is 0.514. The van der Waals surface area contributed by atoms with E-state index < -0.39 is 10.5 Å². The molecule has 0 heterocycles. The zero-order chi connectivity index (χ0) is 7.21. The van der Waals surface area contributed by atoms with Crippen LogP contribution in [0.3, 0.4) is 0 Å². The van der Waals surface area contributed by atoms with Gasteiger partial charge in [-0.05, 0) is 0 Å². The predicted molar refractivity (Wildman–Crippen MR) is 21.1 cm³/mol. The molecule has 0 unspecified atom stereocenters. The highest BCUT2D eigenvalue weighted by Gasteiger charge is 1.89. The van der Waals surface area contributed by atoms with Crippen molar-refractivity contribution in [1.29, 1.82) is 5.41 Å². The van der Waals surface area contributed by atoms with Gasteiger partial charge in [0.1, 0.15) is 0 Å². The summed E-state index contributed by atoms with van der Waals surface area (Å²) in [6.07, 6.45) is 0.750. The van der Waals surface area contributed by atoms with Crippen molar-refractivity contribution in [2.24, 2.45) is 0 Å². The van der Waals surface area contributed by atoms with Crippen LogP contribution < -0.4 is 0 Å². The fraction of sp³-hybridized carbons (Fsp3) is 0. The molecule has 0 radical (unpaired) electrons. The third kappa shape index (κ3) is 153. The molecule has 0 saturated heterocycles. The van der Waals surface area contributed by atoms with E-state index in [0.29, 0.717) is 0 Å². The van der Waals surface area contributed by atoms with Gasteiger partial charge in [0.05, 0.1) is 0 Å². The van der Waals surface area contributed by atoms with E-state index in [1.165, 1.54) is 0 Å². The van der Waals surface area contributed by atoms with Crippen LogP contribution in [-0.2, 0) is 15.3 Å². The van der Waals surface area contributed by atoms with Gasteiger partial charge in [0.2, 0.25) is 6.08 Å². The SMILES string of the molecule is N=C=O.O=S(=O)(O)F. The Morgan fingerprint density at radius 1 is 1.62 bits per heavy atom. The molecule has 8 heavy (non-hydrogen) atoms. The number of isocyanates is 1. The molecule has 48 valence electrons. The van der Waals surface area contributed by atoms with Crippen LogP contribution in [0.1, 0.15) is 0 Å². The maximum Gasteiger partial charge on any atom is 0.435 e. The molecule has 0 atom stereocenters. The number of halogens is 1. The monoisotopic (exact) mass is 143 g/mol. The largest absolute Gasteiger partial charge is 0.435 e. The summed E-state index contributed by atoms with van der Waals surface area (Å²) >= 11 is 0. The fourth-order valence-corrected chi connectivity index (χ4v) is 0. The van der Waals surface area contributed by atoms with Crippen LogP contribution in [0, 0.1) is 5.41 Å². The Morgan fingerprint density at radius 2 is 1.62 bits per heavy atom. The molecule has 0 bridgehead atoms. The Hall–Kier alpha value is -0.780. The summed E-state index contributed by atoms with van der Waals surface area (Å²) in [6, 6.07) is 0. The van der Waals surface area contributed by atoms with Gasteiger partial charge in [0.25, 0.3) is 0 Å². The van der Waals surface area contributed by atoms with E-state index in [9.17, 15) is 3.89 Å². The van der Waals surface area contributed by atoms with E-state index in [4.69, 9.17) is 23.2 Å². The first-order valence-corrected chi connectivity index (χ1v) is 2.46. The summed E-state index contributed by atoms with van der Waals surface area (Å²) in [6.45, 7) is 0. The third-order valence-corrected chi connectivity index (χ3v) is 0. The molecular formula is CH2FNO4S. The zero-order valence-corrected chi connectivity index (χ0v) is 4.27. The summed E-state index contributed by atoms with van der Waals surface area (Å²) in [4.78, 5) is 8.35. The van der Waals surface area contributed by atoms with Crippen LogP contribution in [0.25, 0.3) is 0 Å². The minimum absolute atomic E-state index is 0.750. The maximum absolute atomic E-state index is 10.2. The third-order valence-electron chi connectivity index (χ3n) is 0. The van der Waals surface area contributed by atoms with Crippen LogP contribution in [0.15, 0.2) is 0 Å². The standard InChI is InChI=1S/CHNO.FHO3S/c2-1-3;1-5(2,3)4/h2H;(H,2,3,4). The number of hydrogen-bond donors (Lipinski definition) is 2. The topological polar surface area (TPSA) is 95.3 Å². The number of rotatable bonds is 0. The molecule has 0 aliphatic heterocycles. The molecule has 0 spiro atoms. The van der Waals surface area contributed by atoms with Crippen molar-refractivity contribution in [2.75, 3.05) is 0 Å². The first-order valence-electron chi connectivity index (χ1n) is 1.12. The van der Waals surface area contributed by atoms with E-state index >= 15 is 0 Å². The van der Waals surface area contributed by atoms with Gasteiger partial charge in [-0.15, -0.1) is 0 Å². The highest BCUT2D eigenvalue weighted by Crippen LogP contribution is 1.74. The lowest BCUT2D eigenvalue weighted by atomic mass is 11.7. The molecule has 5 nitrogen and oxygen atoms in total. The lowest BCUT2D eigenvalue weighted by Crippen LogP contribution is -1.80. The Kier molecular flexibility index (Phi) is 5.61. The average molecular weight is 143 g/mol. The molecule has 0 aliphatic carbocycles. The summed E-state index contributed by atoms with van der Waals surface area (Å²) in [5.74, 6) is 0. The minimum atomic E-state index is -5.17. The lowest BCUT2D eigenvalue weighted by molar-refractivity contribution is 0.435. The van der Waals surface area contributed by atoms with Crippen molar-refractivity contribution in [2.45, 2.75) is 0 Å². The van der Waals surface area contributed by atoms with E-state index in [0.717, 1.165) is 6.08 Å². The van der Waals surface area contributed by atoms with Crippen molar-refractivity contribution in [3.8, 4) is 0 Å². The van der Waals surface area contributed by atoms with Gasteiger partial charge in [0.15, 0.2) is 0 Å². The molecule has 0 fully saturated rings. The summed E-state index contributed by atoms with van der Waals surface area (Å²) in [5.41, 5.74) is 0. The first kappa shape index (κ1) is 10.3. The lowest BCUT2D eigenvalue weighted by Gasteiger charge is -1.63. The van der Waals surface area contributed by atoms with E-state index in [-0.39, 0.29) is 0 Å². The van der Waals surface area contributed by atoms with Gasteiger partial charge in [-0.25, -0.2) is 10.2 Å². The second kappa shape index (κ2) is 4.38. The summed E-state index contributed by atoms with van der Waals surface area (Å²) in [7, 11) is -5.17. The van der Waals surface area contributed by atoms with Gasteiger partial charge in [-0.2, -0.15) is 8.42 Å². The minimum Gasteiger partial charge on any atom is -0.260 e. The van der Waals surface area contributed by atoms with E-state index in [1.807, 2.05) is 0 Å². The molecule has 0 aromatic heterocycles. The number of hydrogen-bond acceptors (Lipinski definition) is 4. The normalized spacial score (nSPS) is 8.25. The van der Waals surface area contributed by atoms with Crippen molar-refractivity contribution < 1.29 is 21.7 Å². The molecule has 0 amide bonds. The van der Waals surface area contributed by atoms with Gasteiger partial charge in [0, 0.05) is 0 Å². The van der Waals surface area contributed by atoms with Crippen molar-refractivity contribution >= 4 is 16.6 Å². The fourth-order valence-electron chi connectivity index (χ4n) is 0. The highest BCUT2D eigenvalue weighted by molar-refractivity contribution is 7.80. The Bertz CT molecular complexity index is 156. The zero-order valence-electron chi connectivity index (χ0n) is 3.46. The van der Waals surface area contributed by atoms with Gasteiger partial charge in [-0.1, -0.05) is 3.89 Å². The highest BCUT2D eigenvalue weighted by atomic mass is 32.3. The number of carbonyl (C=O) groups excluding carboxylic acids is 1. The average Bonchev–Trinajstić information content (AvgIpc) is 1.27.